The first-order chi connectivity index (χ1) is 6.74. The predicted octanol–water partition coefficient (Wildman–Crippen LogP) is 2.64. The summed E-state index contributed by atoms with van der Waals surface area (Å²) < 4.78 is 17.7. The quantitative estimate of drug-likeness (QED) is 0.569. The number of benzene rings is 1. The van der Waals surface area contributed by atoms with Crippen molar-refractivity contribution in [3.63, 3.8) is 0 Å². The van der Waals surface area contributed by atoms with Gasteiger partial charge >= 0.3 is 5.97 Å². The number of halogens is 1. The predicted molar refractivity (Wildman–Crippen MR) is 53.8 cm³/mol. The highest BCUT2D eigenvalue weighted by molar-refractivity contribution is 8.00. The molecule has 0 aliphatic carbocycles. The Morgan fingerprint density at radius 2 is 2.14 bits per heavy atom. The fraction of sp³-hybridized carbons (Fsp3) is 0.300. The number of hydrogen-bond donors (Lipinski definition) is 0. The van der Waals surface area contributed by atoms with E-state index in [9.17, 15) is 9.18 Å². The minimum Gasteiger partial charge on any atom is -0.463 e. The van der Waals surface area contributed by atoms with E-state index in [0.717, 1.165) is 11.8 Å². The summed E-state index contributed by atoms with van der Waals surface area (Å²) in [6, 6.07) is 8.91. The van der Waals surface area contributed by atoms with Gasteiger partial charge in [0.15, 0.2) is 0 Å². The Bertz CT molecular complexity index is 289. The van der Waals surface area contributed by atoms with E-state index in [-0.39, 0.29) is 6.61 Å². The Morgan fingerprint density at radius 3 is 2.71 bits per heavy atom. The van der Waals surface area contributed by atoms with E-state index in [1.165, 1.54) is 0 Å². The summed E-state index contributed by atoms with van der Waals surface area (Å²) in [5, 5.41) is 0. The van der Waals surface area contributed by atoms with Crippen LogP contribution < -0.4 is 0 Å². The van der Waals surface area contributed by atoms with Crippen LogP contribution in [0, 0.1) is 0 Å². The third-order valence-corrected chi connectivity index (χ3v) is 2.40. The van der Waals surface area contributed by atoms with E-state index in [4.69, 9.17) is 0 Å². The molecular formula is C10H11FO2S. The molecule has 0 aliphatic heterocycles. The molecule has 0 amide bonds. The standard InChI is InChI=1S/C10H11FO2S/c1-2-13-10(12)9(11)14-8-6-4-3-5-7-8/h3-7,9H,2H2,1H3. The molecule has 4 heteroatoms. The minimum absolute atomic E-state index is 0.203. The minimum atomic E-state index is -1.64. The largest absolute Gasteiger partial charge is 0.463 e. The zero-order valence-corrected chi connectivity index (χ0v) is 8.59. The average molecular weight is 214 g/mol. The number of alkyl halides is 1. The van der Waals surface area contributed by atoms with Gasteiger partial charge in [0.05, 0.1) is 6.61 Å². The summed E-state index contributed by atoms with van der Waals surface area (Å²) in [5.74, 6) is -0.818. The van der Waals surface area contributed by atoms with Crippen LogP contribution in [0.4, 0.5) is 4.39 Å². The van der Waals surface area contributed by atoms with Crippen molar-refractivity contribution in [2.75, 3.05) is 6.61 Å². The Balaban J connectivity index is 2.49. The Morgan fingerprint density at radius 1 is 1.50 bits per heavy atom. The van der Waals surface area contributed by atoms with Crippen LogP contribution in [0.25, 0.3) is 0 Å². The molecule has 0 saturated heterocycles. The molecule has 14 heavy (non-hydrogen) atoms. The molecule has 0 spiro atoms. The molecule has 76 valence electrons. The lowest BCUT2D eigenvalue weighted by Gasteiger charge is -2.06. The van der Waals surface area contributed by atoms with E-state index in [2.05, 4.69) is 4.74 Å². The SMILES string of the molecule is CCOC(=O)C(F)Sc1ccccc1. The van der Waals surface area contributed by atoms with E-state index in [0.29, 0.717) is 4.90 Å². The van der Waals surface area contributed by atoms with E-state index >= 15 is 0 Å². The first-order valence-electron chi connectivity index (χ1n) is 4.26. The molecule has 0 bridgehead atoms. The maximum Gasteiger partial charge on any atom is 0.351 e. The van der Waals surface area contributed by atoms with Gasteiger partial charge in [-0.25, -0.2) is 9.18 Å². The molecule has 1 atom stereocenters. The first kappa shape index (κ1) is 11.0. The number of esters is 1. The number of rotatable bonds is 4. The van der Waals surface area contributed by atoms with Crippen molar-refractivity contribution in [2.45, 2.75) is 17.3 Å². The maximum atomic E-state index is 13.2. The van der Waals surface area contributed by atoms with Crippen molar-refractivity contribution in [2.24, 2.45) is 0 Å². The molecule has 1 aromatic carbocycles. The number of carbonyl (C=O) groups is 1. The lowest BCUT2D eigenvalue weighted by molar-refractivity contribution is -0.145. The second-order valence-electron chi connectivity index (χ2n) is 2.50. The first-order valence-corrected chi connectivity index (χ1v) is 5.14. The average Bonchev–Trinajstić information content (AvgIpc) is 2.19. The summed E-state index contributed by atoms with van der Waals surface area (Å²) in [6.45, 7) is 1.85. The van der Waals surface area contributed by atoms with Crippen LogP contribution in [0.1, 0.15) is 6.92 Å². The van der Waals surface area contributed by atoms with Crippen LogP contribution in [0.2, 0.25) is 0 Å². The second kappa shape index (κ2) is 5.65. The maximum absolute atomic E-state index is 13.2. The van der Waals surface area contributed by atoms with E-state index in [1.54, 1.807) is 31.2 Å². The van der Waals surface area contributed by atoms with E-state index < -0.39 is 11.5 Å². The summed E-state index contributed by atoms with van der Waals surface area (Å²) in [5.41, 5.74) is -1.64. The van der Waals surface area contributed by atoms with Gasteiger partial charge in [-0.15, -0.1) is 0 Å². The van der Waals surface area contributed by atoms with Gasteiger partial charge in [-0.2, -0.15) is 0 Å². The van der Waals surface area contributed by atoms with Crippen molar-refractivity contribution >= 4 is 17.7 Å². The molecule has 2 nitrogen and oxygen atoms in total. The fourth-order valence-corrected chi connectivity index (χ4v) is 1.59. The van der Waals surface area contributed by atoms with Crippen molar-refractivity contribution in [1.82, 2.24) is 0 Å². The van der Waals surface area contributed by atoms with Crippen LogP contribution >= 0.6 is 11.8 Å². The molecule has 0 aromatic heterocycles. The summed E-state index contributed by atoms with van der Waals surface area (Å²) >= 11 is 0.850. The number of carbonyl (C=O) groups excluding carboxylic acids is 1. The summed E-state index contributed by atoms with van der Waals surface area (Å²) in [4.78, 5) is 11.6. The van der Waals surface area contributed by atoms with Gasteiger partial charge in [-0.3, -0.25) is 0 Å². The fourth-order valence-electron chi connectivity index (χ4n) is 0.874. The highest BCUT2D eigenvalue weighted by atomic mass is 32.2. The zero-order valence-electron chi connectivity index (χ0n) is 7.77. The van der Waals surface area contributed by atoms with Crippen molar-refractivity contribution < 1.29 is 13.9 Å². The molecular weight excluding hydrogens is 203 g/mol. The number of thioether (sulfide) groups is 1. The normalized spacial score (nSPS) is 12.1. The van der Waals surface area contributed by atoms with Gasteiger partial charge in [-0.1, -0.05) is 30.0 Å². The van der Waals surface area contributed by atoms with E-state index in [1.807, 2.05) is 6.07 Å². The van der Waals surface area contributed by atoms with Crippen molar-refractivity contribution in [3.05, 3.63) is 30.3 Å². The Kier molecular flexibility index (Phi) is 4.46. The van der Waals surface area contributed by atoms with Gasteiger partial charge in [0, 0.05) is 4.90 Å². The van der Waals surface area contributed by atoms with Gasteiger partial charge in [-0.05, 0) is 19.1 Å². The molecule has 0 aliphatic rings. The Labute approximate surface area is 86.5 Å². The molecule has 1 rings (SSSR count). The molecule has 0 saturated carbocycles. The van der Waals surface area contributed by atoms with Crippen LogP contribution in [0.5, 0.6) is 0 Å². The highest BCUT2D eigenvalue weighted by Crippen LogP contribution is 2.24. The Hall–Kier alpha value is -1.03. The monoisotopic (exact) mass is 214 g/mol. The van der Waals surface area contributed by atoms with Crippen molar-refractivity contribution in [3.8, 4) is 0 Å². The molecule has 0 heterocycles. The third kappa shape index (κ3) is 3.38. The summed E-state index contributed by atoms with van der Waals surface area (Å²) in [6.07, 6.45) is 0. The highest BCUT2D eigenvalue weighted by Gasteiger charge is 2.19. The van der Waals surface area contributed by atoms with Crippen molar-refractivity contribution in [1.29, 1.82) is 0 Å². The van der Waals surface area contributed by atoms with Gasteiger partial charge < -0.3 is 4.74 Å². The van der Waals surface area contributed by atoms with Crippen LogP contribution in [-0.2, 0) is 9.53 Å². The molecule has 0 fully saturated rings. The smallest absolute Gasteiger partial charge is 0.351 e. The molecule has 1 unspecified atom stereocenters. The lowest BCUT2D eigenvalue weighted by atomic mass is 10.4. The topological polar surface area (TPSA) is 26.3 Å². The zero-order chi connectivity index (χ0) is 10.4. The van der Waals surface area contributed by atoms with Crippen LogP contribution in [0.3, 0.4) is 0 Å². The lowest BCUT2D eigenvalue weighted by Crippen LogP contribution is -2.15. The molecule has 0 N–H and O–H groups in total. The third-order valence-electron chi connectivity index (χ3n) is 1.45. The summed E-state index contributed by atoms with van der Waals surface area (Å²) in [7, 11) is 0. The molecule has 1 aromatic rings. The number of ether oxygens (including phenoxy) is 1. The van der Waals surface area contributed by atoms with Gasteiger partial charge in [0.1, 0.15) is 0 Å². The van der Waals surface area contributed by atoms with Crippen LogP contribution in [-0.4, -0.2) is 18.1 Å². The van der Waals surface area contributed by atoms with Gasteiger partial charge in [0.2, 0.25) is 5.50 Å². The second-order valence-corrected chi connectivity index (χ2v) is 3.62. The number of hydrogen-bond acceptors (Lipinski definition) is 3. The molecule has 0 radical (unpaired) electrons. The van der Waals surface area contributed by atoms with Gasteiger partial charge in [0.25, 0.3) is 0 Å². The van der Waals surface area contributed by atoms with Crippen LogP contribution in [0.15, 0.2) is 35.2 Å².